The van der Waals surface area contributed by atoms with E-state index in [-0.39, 0.29) is 11.3 Å². The summed E-state index contributed by atoms with van der Waals surface area (Å²) in [6, 6.07) is 14.8. The molecule has 8 nitrogen and oxygen atoms in total. The highest BCUT2D eigenvalue weighted by molar-refractivity contribution is 7.89. The van der Waals surface area contributed by atoms with Crippen LogP contribution in [0.5, 0.6) is 5.75 Å². The van der Waals surface area contributed by atoms with Crippen LogP contribution in [-0.4, -0.2) is 43.2 Å². The molecule has 0 aliphatic heterocycles. The molecule has 1 aliphatic carbocycles. The number of carbonyl (C=O) groups is 1. The molecule has 1 aromatic heterocycles. The number of nitrogens with zero attached hydrogens (tertiary/aromatic N) is 1. The minimum Gasteiger partial charge on any atom is -0.489 e. The molecule has 0 radical (unpaired) electrons. The topological polar surface area (TPSA) is 115 Å². The molecule has 0 unspecified atom stereocenters. The van der Waals surface area contributed by atoms with Crippen molar-refractivity contribution in [1.82, 2.24) is 9.71 Å². The van der Waals surface area contributed by atoms with Gasteiger partial charge in [-0.15, -0.1) is 0 Å². The minimum atomic E-state index is -3.96. The molecule has 0 bridgehead atoms. The number of hydrogen-bond donors (Lipinski definition) is 2. The number of aryl methyl sites for hydroxylation is 1. The van der Waals surface area contributed by atoms with Gasteiger partial charge in [0.15, 0.2) is 5.60 Å². The maximum atomic E-state index is 12.8. The van der Waals surface area contributed by atoms with Crippen LogP contribution in [0, 0.1) is 6.92 Å². The molecule has 9 heteroatoms. The van der Waals surface area contributed by atoms with Crippen molar-refractivity contribution >= 4 is 26.9 Å². The number of pyridine rings is 1. The lowest BCUT2D eigenvalue weighted by Crippen LogP contribution is -2.54. The number of sulfonamides is 1. The first-order valence-corrected chi connectivity index (χ1v) is 12.1. The van der Waals surface area contributed by atoms with Gasteiger partial charge in [0.1, 0.15) is 12.4 Å². The number of hydrogen-bond acceptors (Lipinski definition) is 7. The van der Waals surface area contributed by atoms with E-state index in [9.17, 15) is 18.3 Å². The molecule has 2 N–H and O–H groups in total. The molecule has 1 aliphatic rings. The third-order valence-electron chi connectivity index (χ3n) is 5.92. The van der Waals surface area contributed by atoms with E-state index >= 15 is 0 Å². The quantitative estimate of drug-likeness (QED) is 0.510. The van der Waals surface area contributed by atoms with E-state index < -0.39 is 27.6 Å². The number of rotatable bonds is 7. The second kappa shape index (κ2) is 9.09. The highest BCUT2D eigenvalue weighted by Crippen LogP contribution is 2.32. The Kier molecular flexibility index (Phi) is 6.38. The van der Waals surface area contributed by atoms with E-state index in [1.54, 1.807) is 12.1 Å². The number of fused-ring (bicyclic) bond motifs is 1. The number of ether oxygens (including phenoxy) is 2. The number of nitrogens with one attached hydrogen (secondary N) is 1. The van der Waals surface area contributed by atoms with E-state index in [4.69, 9.17) is 4.74 Å². The first-order valence-electron chi connectivity index (χ1n) is 10.6. The van der Waals surface area contributed by atoms with Crippen LogP contribution in [-0.2, 0) is 26.2 Å². The van der Waals surface area contributed by atoms with Crippen molar-refractivity contribution in [2.45, 2.75) is 49.3 Å². The van der Waals surface area contributed by atoms with Crippen LogP contribution in [0.1, 0.15) is 30.5 Å². The minimum absolute atomic E-state index is 0.0131. The zero-order valence-electron chi connectivity index (χ0n) is 18.4. The number of aliphatic hydroxyl groups is 1. The Bertz CT molecular complexity index is 1280. The Balaban J connectivity index is 1.47. The molecule has 0 saturated heterocycles. The molecule has 2 atom stereocenters. The Labute approximate surface area is 192 Å². The first kappa shape index (κ1) is 23.2. The molecule has 3 aromatic rings. The van der Waals surface area contributed by atoms with Gasteiger partial charge in [0.25, 0.3) is 0 Å². The van der Waals surface area contributed by atoms with E-state index in [1.807, 2.05) is 37.3 Å². The zero-order chi connectivity index (χ0) is 23.6. The van der Waals surface area contributed by atoms with Gasteiger partial charge in [-0.2, -0.15) is 0 Å². The summed E-state index contributed by atoms with van der Waals surface area (Å²) in [4.78, 5) is 16.5. The summed E-state index contributed by atoms with van der Waals surface area (Å²) in [5.74, 6) is -0.324. The van der Waals surface area contributed by atoms with Crippen LogP contribution in [0.2, 0.25) is 0 Å². The monoisotopic (exact) mass is 470 g/mol. The summed E-state index contributed by atoms with van der Waals surface area (Å²) in [5, 5.41) is 11.6. The second-order valence-electron chi connectivity index (χ2n) is 8.18. The van der Waals surface area contributed by atoms with Gasteiger partial charge in [0, 0.05) is 16.6 Å². The molecule has 1 fully saturated rings. The van der Waals surface area contributed by atoms with Gasteiger partial charge in [-0.1, -0.05) is 18.2 Å². The van der Waals surface area contributed by atoms with E-state index in [1.165, 1.54) is 19.2 Å². The zero-order valence-corrected chi connectivity index (χ0v) is 19.3. The molecular formula is C24H26N2O6S. The summed E-state index contributed by atoms with van der Waals surface area (Å²) in [6.07, 6.45) is 0.989. The third kappa shape index (κ3) is 4.71. The predicted molar refractivity (Wildman–Crippen MR) is 122 cm³/mol. The maximum Gasteiger partial charge on any atom is 0.339 e. The molecule has 2 aromatic carbocycles. The van der Waals surface area contributed by atoms with E-state index in [0.717, 1.165) is 22.2 Å². The number of methoxy groups -OCH3 is 1. The average Bonchev–Trinajstić information content (AvgIpc) is 3.17. The van der Waals surface area contributed by atoms with Crippen molar-refractivity contribution in [2.24, 2.45) is 0 Å². The van der Waals surface area contributed by atoms with Gasteiger partial charge >= 0.3 is 5.97 Å². The number of benzene rings is 2. The number of aromatic nitrogens is 1. The Morgan fingerprint density at radius 2 is 1.94 bits per heavy atom. The molecular weight excluding hydrogens is 444 g/mol. The predicted octanol–water partition coefficient (Wildman–Crippen LogP) is 2.86. The van der Waals surface area contributed by atoms with Gasteiger partial charge in [0.05, 0.1) is 23.6 Å². The lowest BCUT2D eigenvalue weighted by molar-refractivity contribution is -0.163. The second-order valence-corrected chi connectivity index (χ2v) is 9.90. The largest absolute Gasteiger partial charge is 0.489 e. The summed E-state index contributed by atoms with van der Waals surface area (Å²) in [7, 11) is -2.79. The van der Waals surface area contributed by atoms with Crippen molar-refractivity contribution in [1.29, 1.82) is 0 Å². The third-order valence-corrected chi connectivity index (χ3v) is 7.41. The molecule has 4 rings (SSSR count). The summed E-state index contributed by atoms with van der Waals surface area (Å²) in [6.45, 7) is 2.23. The number of para-hydroxylation sites is 1. The van der Waals surface area contributed by atoms with Crippen LogP contribution in [0.3, 0.4) is 0 Å². The molecule has 0 amide bonds. The molecule has 33 heavy (non-hydrogen) atoms. The van der Waals surface area contributed by atoms with Gasteiger partial charge < -0.3 is 14.6 Å². The Morgan fingerprint density at radius 3 is 2.67 bits per heavy atom. The van der Waals surface area contributed by atoms with Gasteiger partial charge in [-0.05, 0) is 62.6 Å². The van der Waals surface area contributed by atoms with E-state index in [0.29, 0.717) is 25.2 Å². The first-order chi connectivity index (χ1) is 15.7. The Morgan fingerprint density at radius 1 is 1.21 bits per heavy atom. The van der Waals surface area contributed by atoms with Crippen LogP contribution in [0.15, 0.2) is 59.5 Å². The summed E-state index contributed by atoms with van der Waals surface area (Å²) < 4.78 is 38.7. The molecule has 1 saturated carbocycles. The van der Waals surface area contributed by atoms with Gasteiger partial charge in [-0.25, -0.2) is 17.9 Å². The maximum absolute atomic E-state index is 12.8. The lowest BCUT2D eigenvalue weighted by Gasteiger charge is -2.27. The van der Waals surface area contributed by atoms with Crippen LogP contribution in [0.25, 0.3) is 10.9 Å². The molecule has 174 valence electrons. The standard InChI is InChI=1S/C24H26N2O6S/c1-16-14-17(20-6-3-4-7-21(20)25-16)15-32-18-9-11-19(12-10-18)33(29,30)26-22-8-5-13-24(22,28)23(27)31-2/h3-4,6-7,9-12,14,22,26,28H,5,8,13,15H2,1-2H3/t22-,24-/m1/s1. The Hall–Kier alpha value is -3.01. The number of esters is 1. The summed E-state index contributed by atoms with van der Waals surface area (Å²) >= 11 is 0. The van der Waals surface area contributed by atoms with Crippen molar-refractivity contribution in [3.8, 4) is 5.75 Å². The summed E-state index contributed by atoms with van der Waals surface area (Å²) in [5.41, 5.74) is 0.900. The van der Waals surface area contributed by atoms with E-state index in [2.05, 4.69) is 14.4 Å². The lowest BCUT2D eigenvalue weighted by atomic mass is 9.99. The van der Waals surface area contributed by atoms with Crippen LogP contribution in [0.4, 0.5) is 0 Å². The highest BCUT2D eigenvalue weighted by atomic mass is 32.2. The molecule has 0 spiro atoms. The van der Waals surface area contributed by atoms with Gasteiger partial charge in [0.2, 0.25) is 10.0 Å². The molecule has 1 heterocycles. The van der Waals surface area contributed by atoms with Crippen LogP contribution >= 0.6 is 0 Å². The fourth-order valence-electron chi connectivity index (χ4n) is 4.21. The van der Waals surface area contributed by atoms with Crippen molar-refractivity contribution in [3.05, 3.63) is 65.9 Å². The fourth-order valence-corrected chi connectivity index (χ4v) is 5.53. The number of carbonyl (C=O) groups excluding carboxylic acids is 1. The van der Waals surface area contributed by atoms with Crippen molar-refractivity contribution < 1.29 is 27.8 Å². The van der Waals surface area contributed by atoms with Crippen molar-refractivity contribution in [3.63, 3.8) is 0 Å². The van der Waals surface area contributed by atoms with Crippen LogP contribution < -0.4 is 9.46 Å². The normalized spacial score (nSPS) is 20.6. The average molecular weight is 471 g/mol. The smallest absolute Gasteiger partial charge is 0.339 e. The van der Waals surface area contributed by atoms with Gasteiger partial charge in [-0.3, -0.25) is 4.98 Å². The SMILES string of the molecule is COC(=O)[C@@]1(O)CCC[C@H]1NS(=O)(=O)c1ccc(OCc2cc(C)nc3ccccc23)cc1. The fraction of sp³-hybridized carbons (Fsp3) is 0.333. The van der Waals surface area contributed by atoms with Crippen molar-refractivity contribution in [2.75, 3.05) is 7.11 Å². The highest BCUT2D eigenvalue weighted by Gasteiger charge is 2.50.